The standard InChI is InChI=1S/C14H13NO2S/c16-13(17)7-12-14(15-8-18-12)11-5-4-9-2-1-3-10(9)6-11/h4-6,8H,1-3,7H2,(H,16,17). The summed E-state index contributed by atoms with van der Waals surface area (Å²) in [7, 11) is 0. The number of hydrogen-bond donors (Lipinski definition) is 1. The fourth-order valence-corrected chi connectivity index (χ4v) is 3.26. The Labute approximate surface area is 109 Å². The van der Waals surface area contributed by atoms with Crippen molar-refractivity contribution in [2.24, 2.45) is 0 Å². The summed E-state index contributed by atoms with van der Waals surface area (Å²) in [5.74, 6) is -0.804. The lowest BCUT2D eigenvalue weighted by atomic mass is 10.0. The molecule has 1 aromatic carbocycles. The quantitative estimate of drug-likeness (QED) is 0.922. The number of benzene rings is 1. The number of hydrogen-bond acceptors (Lipinski definition) is 3. The highest BCUT2D eigenvalue weighted by atomic mass is 32.1. The van der Waals surface area contributed by atoms with Crippen LogP contribution in [0.4, 0.5) is 0 Å². The number of aliphatic carboxylic acids is 1. The third-order valence-corrected chi connectivity index (χ3v) is 4.16. The lowest BCUT2D eigenvalue weighted by Crippen LogP contribution is -1.99. The molecule has 0 saturated heterocycles. The van der Waals surface area contributed by atoms with Gasteiger partial charge in [-0.1, -0.05) is 12.1 Å². The van der Waals surface area contributed by atoms with Crippen molar-refractivity contribution in [1.82, 2.24) is 4.98 Å². The van der Waals surface area contributed by atoms with Crippen LogP contribution in [0.15, 0.2) is 23.7 Å². The van der Waals surface area contributed by atoms with E-state index < -0.39 is 5.97 Å². The topological polar surface area (TPSA) is 50.2 Å². The molecule has 1 N–H and O–H groups in total. The van der Waals surface area contributed by atoms with E-state index in [9.17, 15) is 4.79 Å². The molecule has 0 spiro atoms. The van der Waals surface area contributed by atoms with Crippen LogP contribution in [-0.4, -0.2) is 16.1 Å². The molecule has 0 unspecified atom stereocenters. The monoisotopic (exact) mass is 259 g/mol. The zero-order valence-corrected chi connectivity index (χ0v) is 10.7. The van der Waals surface area contributed by atoms with Gasteiger partial charge in [-0.05, 0) is 36.5 Å². The molecular weight excluding hydrogens is 246 g/mol. The van der Waals surface area contributed by atoms with E-state index in [4.69, 9.17) is 5.11 Å². The Morgan fingerprint density at radius 3 is 3.00 bits per heavy atom. The Hall–Kier alpha value is -1.68. The molecule has 1 heterocycles. The van der Waals surface area contributed by atoms with E-state index in [-0.39, 0.29) is 6.42 Å². The molecular formula is C14H13NO2S. The SMILES string of the molecule is O=C(O)Cc1scnc1-c1ccc2c(c1)CCC2. The molecule has 1 aliphatic carbocycles. The number of carboxylic acid groups (broad SMARTS) is 1. The summed E-state index contributed by atoms with van der Waals surface area (Å²) < 4.78 is 0. The van der Waals surface area contributed by atoms with Crippen molar-refractivity contribution in [3.05, 3.63) is 39.7 Å². The molecule has 0 amide bonds. The van der Waals surface area contributed by atoms with E-state index >= 15 is 0 Å². The molecule has 4 heteroatoms. The first-order chi connectivity index (χ1) is 8.74. The third kappa shape index (κ3) is 2.04. The van der Waals surface area contributed by atoms with E-state index in [0.29, 0.717) is 0 Å². The van der Waals surface area contributed by atoms with Crippen LogP contribution in [0.5, 0.6) is 0 Å². The van der Waals surface area contributed by atoms with E-state index in [0.717, 1.165) is 29.0 Å². The number of nitrogens with zero attached hydrogens (tertiary/aromatic N) is 1. The Bertz CT molecular complexity index is 604. The normalized spacial score (nSPS) is 13.6. The first-order valence-corrected chi connectivity index (χ1v) is 6.88. The van der Waals surface area contributed by atoms with E-state index in [2.05, 4.69) is 23.2 Å². The Morgan fingerprint density at radius 1 is 1.33 bits per heavy atom. The Morgan fingerprint density at radius 2 is 2.17 bits per heavy atom. The van der Waals surface area contributed by atoms with Gasteiger partial charge in [-0.15, -0.1) is 11.3 Å². The highest BCUT2D eigenvalue weighted by Crippen LogP contribution is 2.30. The maximum absolute atomic E-state index is 10.8. The van der Waals surface area contributed by atoms with Gasteiger partial charge in [0.25, 0.3) is 0 Å². The molecule has 1 aromatic heterocycles. The van der Waals surface area contributed by atoms with Gasteiger partial charge in [0, 0.05) is 10.4 Å². The zero-order chi connectivity index (χ0) is 12.5. The number of fused-ring (bicyclic) bond motifs is 1. The van der Waals surface area contributed by atoms with Crippen LogP contribution in [0.3, 0.4) is 0 Å². The summed E-state index contributed by atoms with van der Waals surface area (Å²) in [4.78, 5) is 16.0. The van der Waals surface area contributed by atoms with Gasteiger partial charge in [-0.3, -0.25) is 4.79 Å². The summed E-state index contributed by atoms with van der Waals surface area (Å²) in [5.41, 5.74) is 6.42. The van der Waals surface area contributed by atoms with Crippen LogP contribution in [-0.2, 0) is 24.1 Å². The van der Waals surface area contributed by atoms with Crippen LogP contribution >= 0.6 is 11.3 Å². The van der Waals surface area contributed by atoms with Gasteiger partial charge < -0.3 is 5.11 Å². The number of carboxylic acids is 1. The number of thiazole rings is 1. The van der Waals surface area contributed by atoms with Crippen molar-refractivity contribution < 1.29 is 9.90 Å². The minimum absolute atomic E-state index is 0.0527. The van der Waals surface area contributed by atoms with E-state index in [1.165, 1.54) is 28.9 Å². The summed E-state index contributed by atoms with van der Waals surface area (Å²) >= 11 is 1.41. The van der Waals surface area contributed by atoms with Crippen LogP contribution in [0.2, 0.25) is 0 Å². The molecule has 0 aliphatic heterocycles. The average Bonchev–Trinajstić information content (AvgIpc) is 2.95. The molecule has 0 radical (unpaired) electrons. The number of carbonyl (C=O) groups is 1. The highest BCUT2D eigenvalue weighted by Gasteiger charge is 2.15. The highest BCUT2D eigenvalue weighted by molar-refractivity contribution is 7.10. The van der Waals surface area contributed by atoms with Crippen LogP contribution in [0.1, 0.15) is 22.4 Å². The first-order valence-electron chi connectivity index (χ1n) is 6.00. The number of rotatable bonds is 3. The minimum Gasteiger partial charge on any atom is -0.481 e. The van der Waals surface area contributed by atoms with Gasteiger partial charge in [0.2, 0.25) is 0 Å². The van der Waals surface area contributed by atoms with E-state index in [1.54, 1.807) is 5.51 Å². The molecule has 0 bridgehead atoms. The summed E-state index contributed by atoms with van der Waals surface area (Å²) in [6, 6.07) is 6.38. The summed E-state index contributed by atoms with van der Waals surface area (Å²) in [6.45, 7) is 0. The fraction of sp³-hybridized carbons (Fsp3) is 0.286. The van der Waals surface area contributed by atoms with E-state index in [1.807, 2.05) is 0 Å². The fourth-order valence-electron chi connectivity index (χ4n) is 2.49. The van der Waals surface area contributed by atoms with Crippen molar-refractivity contribution in [3.8, 4) is 11.3 Å². The molecule has 2 aromatic rings. The molecule has 0 saturated carbocycles. The maximum atomic E-state index is 10.8. The molecule has 0 atom stereocenters. The third-order valence-electron chi connectivity index (χ3n) is 3.32. The maximum Gasteiger partial charge on any atom is 0.308 e. The molecule has 1 aliphatic rings. The Balaban J connectivity index is 1.99. The van der Waals surface area contributed by atoms with Gasteiger partial charge in [-0.2, -0.15) is 0 Å². The van der Waals surface area contributed by atoms with Crippen molar-refractivity contribution in [3.63, 3.8) is 0 Å². The molecule has 3 rings (SSSR count). The second-order valence-electron chi connectivity index (χ2n) is 4.53. The Kier molecular flexibility index (Phi) is 2.88. The summed E-state index contributed by atoms with van der Waals surface area (Å²) in [5, 5.41) is 8.89. The van der Waals surface area contributed by atoms with Gasteiger partial charge in [-0.25, -0.2) is 4.98 Å². The molecule has 18 heavy (non-hydrogen) atoms. The van der Waals surface area contributed by atoms with Crippen LogP contribution < -0.4 is 0 Å². The van der Waals surface area contributed by atoms with Gasteiger partial charge in [0.15, 0.2) is 0 Å². The second-order valence-corrected chi connectivity index (χ2v) is 5.47. The lowest BCUT2D eigenvalue weighted by Gasteiger charge is -2.04. The predicted octanol–water partition coefficient (Wildman–Crippen LogP) is 2.93. The van der Waals surface area contributed by atoms with Crippen molar-refractivity contribution in [1.29, 1.82) is 0 Å². The number of aromatic nitrogens is 1. The lowest BCUT2D eigenvalue weighted by molar-refractivity contribution is -0.136. The zero-order valence-electron chi connectivity index (χ0n) is 9.85. The second kappa shape index (κ2) is 4.53. The van der Waals surface area contributed by atoms with Crippen molar-refractivity contribution in [2.45, 2.75) is 25.7 Å². The van der Waals surface area contributed by atoms with Gasteiger partial charge in [0.05, 0.1) is 17.6 Å². The number of aryl methyl sites for hydroxylation is 2. The van der Waals surface area contributed by atoms with Gasteiger partial charge in [0.1, 0.15) is 0 Å². The minimum atomic E-state index is -0.804. The molecule has 0 fully saturated rings. The average molecular weight is 259 g/mol. The van der Waals surface area contributed by atoms with Crippen molar-refractivity contribution in [2.75, 3.05) is 0 Å². The van der Waals surface area contributed by atoms with Crippen molar-refractivity contribution >= 4 is 17.3 Å². The largest absolute Gasteiger partial charge is 0.481 e. The predicted molar refractivity (Wildman–Crippen MR) is 70.9 cm³/mol. The summed E-state index contributed by atoms with van der Waals surface area (Å²) in [6.07, 6.45) is 3.56. The molecule has 92 valence electrons. The van der Waals surface area contributed by atoms with Gasteiger partial charge >= 0.3 is 5.97 Å². The van der Waals surface area contributed by atoms with Crippen LogP contribution in [0, 0.1) is 0 Å². The first kappa shape index (κ1) is 11.4. The molecule has 3 nitrogen and oxygen atoms in total. The smallest absolute Gasteiger partial charge is 0.308 e. The van der Waals surface area contributed by atoms with Crippen LogP contribution in [0.25, 0.3) is 11.3 Å².